The van der Waals surface area contributed by atoms with Crippen LogP contribution in [0.15, 0.2) is 52.5 Å². The Morgan fingerprint density at radius 2 is 1.96 bits per heavy atom. The van der Waals surface area contributed by atoms with Crippen LogP contribution in [0.5, 0.6) is 5.75 Å². The fourth-order valence-electron chi connectivity index (χ4n) is 2.46. The molecule has 0 saturated carbocycles. The second-order valence-electron chi connectivity index (χ2n) is 5.50. The third kappa shape index (κ3) is 4.75. The summed E-state index contributed by atoms with van der Waals surface area (Å²) in [6.07, 6.45) is 0. The summed E-state index contributed by atoms with van der Waals surface area (Å²) < 4.78 is 32.3. The number of alkyl halides is 2. The average molecular weight is 428 g/mol. The number of halogens is 3. The molecule has 0 atom stereocenters. The molecule has 0 amide bonds. The fraction of sp³-hybridized carbons (Fsp3) is 0.222. The lowest BCUT2D eigenvalue weighted by Gasteiger charge is -2.10. The van der Waals surface area contributed by atoms with Crippen LogP contribution in [0.25, 0.3) is 11.4 Å². The highest BCUT2D eigenvalue weighted by Gasteiger charge is 2.15. The first kappa shape index (κ1) is 20.0. The number of aromatic nitrogens is 3. The summed E-state index contributed by atoms with van der Waals surface area (Å²) in [4.78, 5) is 0.418. The Bertz CT molecular complexity index is 937. The van der Waals surface area contributed by atoms with Gasteiger partial charge in [-0.3, -0.25) is 0 Å². The third-order valence-electron chi connectivity index (χ3n) is 3.76. The van der Waals surface area contributed by atoms with Crippen LogP contribution in [0, 0.1) is 0 Å². The summed E-state index contributed by atoms with van der Waals surface area (Å²) in [6.45, 7) is 0. The molecule has 4 nitrogen and oxygen atoms in total. The molecule has 0 unspecified atom stereocenters. The summed E-state index contributed by atoms with van der Waals surface area (Å²) in [6, 6.07) is 12.7. The second-order valence-corrected chi connectivity index (χ2v) is 7.88. The Kier molecular flexibility index (Phi) is 6.62. The first-order chi connectivity index (χ1) is 13.0. The van der Waals surface area contributed by atoms with Gasteiger partial charge in [-0.1, -0.05) is 53.3 Å². The number of benzene rings is 2. The summed E-state index contributed by atoms with van der Waals surface area (Å²) in [5, 5.41) is 9.81. The maximum atomic E-state index is 12.6. The van der Waals surface area contributed by atoms with Gasteiger partial charge < -0.3 is 9.30 Å². The van der Waals surface area contributed by atoms with E-state index in [1.165, 1.54) is 18.9 Å². The van der Waals surface area contributed by atoms with Crippen molar-refractivity contribution in [3.05, 3.63) is 53.1 Å². The molecule has 0 fully saturated rings. The van der Waals surface area contributed by atoms with E-state index in [0.29, 0.717) is 39.0 Å². The molecular weight excluding hydrogens is 412 g/mol. The smallest absolute Gasteiger partial charge is 0.289 e. The molecule has 0 N–H and O–H groups in total. The third-order valence-corrected chi connectivity index (χ3v) is 5.95. The standard InChI is InChI=1S/C18H16ClF2N3OS2/c1-24-16(12-5-3-4-6-13(12)19)22-23-18(24)26-10-11-7-8-15(27-17(20)21)14(9-11)25-2/h3-9,17H,10H2,1-2H3. The van der Waals surface area contributed by atoms with Gasteiger partial charge in [-0.25, -0.2) is 0 Å². The zero-order valence-corrected chi connectivity index (χ0v) is 16.9. The molecular formula is C18H16ClF2N3OS2. The van der Waals surface area contributed by atoms with E-state index < -0.39 is 5.76 Å². The summed E-state index contributed by atoms with van der Waals surface area (Å²) in [5.74, 6) is -0.761. The predicted octanol–water partition coefficient (Wildman–Crippen LogP) is 5.75. The maximum Gasteiger partial charge on any atom is 0.289 e. The topological polar surface area (TPSA) is 39.9 Å². The molecule has 0 aliphatic heterocycles. The van der Waals surface area contributed by atoms with E-state index in [1.54, 1.807) is 12.1 Å². The number of nitrogens with zero attached hydrogens (tertiary/aromatic N) is 3. The van der Waals surface area contributed by atoms with E-state index >= 15 is 0 Å². The Morgan fingerprint density at radius 3 is 2.67 bits per heavy atom. The molecule has 3 rings (SSSR count). The van der Waals surface area contributed by atoms with Crippen molar-refractivity contribution >= 4 is 35.1 Å². The van der Waals surface area contributed by atoms with Gasteiger partial charge in [0, 0.05) is 18.4 Å². The first-order valence-electron chi connectivity index (χ1n) is 7.88. The molecule has 9 heteroatoms. The van der Waals surface area contributed by atoms with Crippen molar-refractivity contribution in [3.8, 4) is 17.1 Å². The number of thioether (sulfide) groups is 2. The van der Waals surface area contributed by atoms with Gasteiger partial charge in [0.05, 0.1) is 17.0 Å². The highest BCUT2D eigenvalue weighted by molar-refractivity contribution is 7.99. The molecule has 0 saturated heterocycles. The van der Waals surface area contributed by atoms with Crippen LogP contribution in [0.2, 0.25) is 5.02 Å². The van der Waals surface area contributed by atoms with Crippen LogP contribution in [0.3, 0.4) is 0 Å². The lowest BCUT2D eigenvalue weighted by atomic mass is 10.2. The first-order valence-corrected chi connectivity index (χ1v) is 10.1. The van der Waals surface area contributed by atoms with Crippen LogP contribution in [-0.4, -0.2) is 27.6 Å². The van der Waals surface area contributed by atoms with Gasteiger partial charge in [0.15, 0.2) is 11.0 Å². The monoisotopic (exact) mass is 427 g/mol. The summed E-state index contributed by atoms with van der Waals surface area (Å²) >= 11 is 8.21. The van der Waals surface area contributed by atoms with Crippen molar-refractivity contribution in [2.24, 2.45) is 7.05 Å². The number of ether oxygens (including phenoxy) is 1. The van der Waals surface area contributed by atoms with Gasteiger partial charge in [0.25, 0.3) is 5.76 Å². The second kappa shape index (κ2) is 8.95. The highest BCUT2D eigenvalue weighted by Crippen LogP contribution is 2.35. The fourth-order valence-corrected chi connectivity index (χ4v) is 4.13. The van der Waals surface area contributed by atoms with Crippen LogP contribution < -0.4 is 4.74 Å². The number of methoxy groups -OCH3 is 1. The van der Waals surface area contributed by atoms with Crippen LogP contribution in [-0.2, 0) is 12.8 Å². The van der Waals surface area contributed by atoms with Gasteiger partial charge in [0.1, 0.15) is 5.75 Å². The van der Waals surface area contributed by atoms with Crippen molar-refractivity contribution in [1.82, 2.24) is 14.8 Å². The quantitative estimate of drug-likeness (QED) is 0.449. The molecule has 0 spiro atoms. The minimum absolute atomic E-state index is 0.418. The van der Waals surface area contributed by atoms with Crippen molar-refractivity contribution in [1.29, 1.82) is 0 Å². The highest BCUT2D eigenvalue weighted by atomic mass is 35.5. The summed E-state index contributed by atoms with van der Waals surface area (Å²) in [5.41, 5.74) is 1.76. The van der Waals surface area contributed by atoms with Crippen LogP contribution >= 0.6 is 35.1 Å². The summed E-state index contributed by atoms with van der Waals surface area (Å²) in [7, 11) is 3.35. The van der Waals surface area contributed by atoms with E-state index in [9.17, 15) is 8.78 Å². The normalized spacial score (nSPS) is 11.2. The Morgan fingerprint density at radius 1 is 1.19 bits per heavy atom. The van der Waals surface area contributed by atoms with Crippen molar-refractivity contribution in [2.75, 3.05) is 7.11 Å². The molecule has 2 aromatic carbocycles. The lowest BCUT2D eigenvalue weighted by Crippen LogP contribution is -1.96. The molecule has 1 heterocycles. The molecule has 27 heavy (non-hydrogen) atoms. The van der Waals surface area contributed by atoms with Crippen molar-refractivity contribution < 1.29 is 13.5 Å². The minimum atomic E-state index is -2.49. The van der Waals surface area contributed by atoms with E-state index in [1.807, 2.05) is 41.9 Å². The maximum absolute atomic E-state index is 12.6. The van der Waals surface area contributed by atoms with Gasteiger partial charge in [-0.2, -0.15) is 8.78 Å². The van der Waals surface area contributed by atoms with Crippen molar-refractivity contribution in [3.63, 3.8) is 0 Å². The van der Waals surface area contributed by atoms with Gasteiger partial charge in [-0.05, 0) is 29.8 Å². The van der Waals surface area contributed by atoms with Crippen LogP contribution in [0.4, 0.5) is 8.78 Å². The van der Waals surface area contributed by atoms with E-state index in [2.05, 4.69) is 10.2 Å². The van der Waals surface area contributed by atoms with Crippen molar-refractivity contribution in [2.45, 2.75) is 21.6 Å². The van der Waals surface area contributed by atoms with Gasteiger partial charge in [-0.15, -0.1) is 10.2 Å². The number of rotatable bonds is 7. The zero-order valence-electron chi connectivity index (χ0n) is 14.5. The number of hydrogen-bond acceptors (Lipinski definition) is 5. The largest absolute Gasteiger partial charge is 0.496 e. The Labute approximate surface area is 169 Å². The van der Waals surface area contributed by atoms with E-state index in [4.69, 9.17) is 16.3 Å². The lowest BCUT2D eigenvalue weighted by molar-refractivity contribution is 0.251. The molecule has 3 aromatic rings. The van der Waals surface area contributed by atoms with Crippen LogP contribution in [0.1, 0.15) is 5.56 Å². The Balaban J connectivity index is 1.75. The van der Waals surface area contributed by atoms with Gasteiger partial charge in [0.2, 0.25) is 0 Å². The molecule has 0 aliphatic rings. The van der Waals surface area contributed by atoms with E-state index in [0.717, 1.165) is 16.3 Å². The Hall–Kier alpha value is -1.77. The predicted molar refractivity (Wildman–Crippen MR) is 106 cm³/mol. The van der Waals surface area contributed by atoms with Gasteiger partial charge >= 0.3 is 0 Å². The molecule has 0 radical (unpaired) electrons. The molecule has 0 aliphatic carbocycles. The molecule has 142 valence electrons. The SMILES string of the molecule is COc1cc(CSc2nnc(-c3ccccc3Cl)n2C)ccc1SC(F)F. The minimum Gasteiger partial charge on any atom is -0.496 e. The average Bonchev–Trinajstić information content (AvgIpc) is 3.01. The molecule has 0 bridgehead atoms. The molecule has 1 aromatic heterocycles. The number of hydrogen-bond donors (Lipinski definition) is 0. The zero-order chi connectivity index (χ0) is 19.4. The van der Waals surface area contributed by atoms with E-state index in [-0.39, 0.29) is 0 Å².